The number of aryl methyl sites for hydroxylation is 2. The molecule has 168 valence electrons. The van der Waals surface area contributed by atoms with Crippen LogP contribution < -0.4 is 14.8 Å². The summed E-state index contributed by atoms with van der Waals surface area (Å²) >= 11 is 0. The number of hydrogen-bond acceptors (Lipinski definition) is 6. The van der Waals surface area contributed by atoms with Crippen molar-refractivity contribution in [2.24, 2.45) is 0 Å². The summed E-state index contributed by atoms with van der Waals surface area (Å²) in [4.78, 5) is 12.7. The maximum absolute atomic E-state index is 12.9. The normalized spacial score (nSPS) is 14.8. The van der Waals surface area contributed by atoms with Crippen LogP contribution in [0.3, 0.4) is 0 Å². The van der Waals surface area contributed by atoms with E-state index in [1.807, 2.05) is 25.1 Å². The molecule has 1 amide bonds. The summed E-state index contributed by atoms with van der Waals surface area (Å²) in [5, 5.41) is 2.79. The van der Waals surface area contributed by atoms with Crippen LogP contribution in [0.1, 0.15) is 17.5 Å². The molecule has 0 atom stereocenters. The number of ether oxygens (including phenoxy) is 3. The lowest BCUT2D eigenvalue weighted by Gasteiger charge is -2.26. The largest absolute Gasteiger partial charge is 0.496 e. The van der Waals surface area contributed by atoms with Crippen molar-refractivity contribution in [2.45, 2.75) is 24.7 Å². The van der Waals surface area contributed by atoms with Crippen molar-refractivity contribution in [1.82, 2.24) is 4.31 Å². The number of nitrogens with zero attached hydrogens (tertiary/aromatic N) is 1. The van der Waals surface area contributed by atoms with E-state index >= 15 is 0 Å². The summed E-state index contributed by atoms with van der Waals surface area (Å²) in [5.74, 6) is 0.971. The predicted octanol–water partition coefficient (Wildman–Crippen LogP) is 2.60. The molecule has 0 bridgehead atoms. The highest BCUT2D eigenvalue weighted by molar-refractivity contribution is 7.89. The minimum absolute atomic E-state index is 0.108. The Hall–Kier alpha value is -2.62. The summed E-state index contributed by atoms with van der Waals surface area (Å²) in [6, 6.07) is 10.3. The molecule has 0 spiro atoms. The van der Waals surface area contributed by atoms with Gasteiger partial charge >= 0.3 is 0 Å². The van der Waals surface area contributed by atoms with E-state index in [1.54, 1.807) is 13.2 Å². The van der Waals surface area contributed by atoms with E-state index in [2.05, 4.69) is 5.32 Å². The van der Waals surface area contributed by atoms with Crippen LogP contribution in [-0.2, 0) is 26.0 Å². The second kappa shape index (κ2) is 10.1. The van der Waals surface area contributed by atoms with Crippen molar-refractivity contribution in [3.63, 3.8) is 0 Å². The van der Waals surface area contributed by atoms with Crippen LogP contribution in [0, 0.1) is 6.92 Å². The monoisotopic (exact) mass is 448 g/mol. The quantitative estimate of drug-likeness (QED) is 0.667. The van der Waals surface area contributed by atoms with E-state index in [0.29, 0.717) is 44.2 Å². The molecule has 31 heavy (non-hydrogen) atoms. The van der Waals surface area contributed by atoms with Gasteiger partial charge in [-0.15, -0.1) is 0 Å². The molecule has 9 heteroatoms. The fraction of sp³-hybridized carbons (Fsp3) is 0.409. The molecule has 0 saturated carbocycles. The van der Waals surface area contributed by atoms with Gasteiger partial charge in [-0.05, 0) is 48.7 Å². The second-order valence-corrected chi connectivity index (χ2v) is 9.17. The topological polar surface area (TPSA) is 94.2 Å². The molecule has 1 aliphatic rings. The molecule has 0 aliphatic carbocycles. The number of hydrogen-bond donors (Lipinski definition) is 1. The van der Waals surface area contributed by atoms with E-state index in [-0.39, 0.29) is 17.2 Å². The first-order valence-electron chi connectivity index (χ1n) is 10.0. The van der Waals surface area contributed by atoms with Gasteiger partial charge < -0.3 is 19.5 Å². The third-order valence-electron chi connectivity index (χ3n) is 5.15. The van der Waals surface area contributed by atoms with Crippen molar-refractivity contribution in [2.75, 3.05) is 45.8 Å². The molecule has 2 aromatic carbocycles. The number of morpholine rings is 1. The molecule has 0 radical (unpaired) electrons. The van der Waals surface area contributed by atoms with E-state index in [9.17, 15) is 13.2 Å². The first kappa shape index (κ1) is 23.1. The van der Waals surface area contributed by atoms with Crippen molar-refractivity contribution in [3.8, 4) is 11.5 Å². The zero-order valence-electron chi connectivity index (χ0n) is 18.0. The summed E-state index contributed by atoms with van der Waals surface area (Å²) < 4.78 is 43.0. The molecule has 1 N–H and O–H groups in total. The summed E-state index contributed by atoms with van der Waals surface area (Å²) in [5.41, 5.74) is 2.35. The minimum atomic E-state index is -3.68. The van der Waals surface area contributed by atoms with Gasteiger partial charge in [-0.2, -0.15) is 4.31 Å². The molecular weight excluding hydrogens is 420 g/mol. The molecule has 1 saturated heterocycles. The summed E-state index contributed by atoms with van der Waals surface area (Å²) in [6.07, 6.45) is 0.792. The average Bonchev–Trinajstić information content (AvgIpc) is 2.78. The number of methoxy groups -OCH3 is 2. The van der Waals surface area contributed by atoms with Gasteiger partial charge in [0.1, 0.15) is 11.5 Å². The van der Waals surface area contributed by atoms with E-state index in [1.165, 1.54) is 23.5 Å². The highest BCUT2D eigenvalue weighted by Gasteiger charge is 2.27. The smallest absolute Gasteiger partial charge is 0.243 e. The van der Waals surface area contributed by atoms with Crippen LogP contribution in [0.15, 0.2) is 41.3 Å². The Kier molecular flexibility index (Phi) is 7.53. The van der Waals surface area contributed by atoms with E-state index in [0.717, 1.165) is 16.9 Å². The number of nitrogens with one attached hydrogen (secondary N) is 1. The zero-order valence-corrected chi connectivity index (χ0v) is 18.8. The van der Waals surface area contributed by atoms with E-state index < -0.39 is 10.0 Å². The van der Waals surface area contributed by atoms with Crippen LogP contribution in [0.25, 0.3) is 0 Å². The number of anilines is 1. The molecule has 1 aliphatic heterocycles. The Bertz CT molecular complexity index is 1030. The molecule has 1 fully saturated rings. The third-order valence-corrected chi connectivity index (χ3v) is 7.05. The lowest BCUT2D eigenvalue weighted by Crippen LogP contribution is -2.40. The first-order chi connectivity index (χ1) is 14.8. The number of rotatable bonds is 8. The molecular formula is C22H28N2O6S. The van der Waals surface area contributed by atoms with Crippen LogP contribution in [0.5, 0.6) is 11.5 Å². The first-order valence-corrected chi connectivity index (χ1v) is 11.5. The van der Waals surface area contributed by atoms with Gasteiger partial charge in [-0.3, -0.25) is 4.79 Å². The van der Waals surface area contributed by atoms with Gasteiger partial charge in [-0.1, -0.05) is 12.1 Å². The van der Waals surface area contributed by atoms with Gasteiger partial charge in [-0.25, -0.2) is 8.42 Å². The lowest BCUT2D eigenvalue weighted by molar-refractivity contribution is -0.116. The Balaban J connectivity index is 1.71. The highest BCUT2D eigenvalue weighted by Crippen LogP contribution is 2.29. The number of sulfonamides is 1. The number of carbonyl (C=O) groups is 1. The lowest BCUT2D eigenvalue weighted by atomic mass is 10.1. The number of amides is 1. The van der Waals surface area contributed by atoms with Crippen molar-refractivity contribution in [1.29, 1.82) is 0 Å². The fourth-order valence-electron chi connectivity index (χ4n) is 3.45. The van der Waals surface area contributed by atoms with Crippen LogP contribution in [0.2, 0.25) is 0 Å². The number of benzene rings is 2. The van der Waals surface area contributed by atoms with E-state index in [4.69, 9.17) is 14.2 Å². The van der Waals surface area contributed by atoms with Crippen LogP contribution in [-0.4, -0.2) is 59.2 Å². The Labute approximate surface area is 183 Å². The van der Waals surface area contributed by atoms with Crippen molar-refractivity contribution < 1.29 is 27.4 Å². The Morgan fingerprint density at radius 2 is 1.74 bits per heavy atom. The summed E-state index contributed by atoms with van der Waals surface area (Å²) in [6.45, 7) is 3.29. The van der Waals surface area contributed by atoms with Crippen LogP contribution in [0.4, 0.5) is 5.69 Å². The zero-order chi connectivity index (χ0) is 22.4. The SMILES string of the molecule is COc1ccc(CCC(=O)Nc2cc(S(=O)(=O)N3CCOCC3)ccc2OC)cc1C. The maximum Gasteiger partial charge on any atom is 0.243 e. The standard InChI is InChI=1S/C22H28N2O6S/c1-16-14-17(4-7-20(16)28-2)5-9-22(25)23-19-15-18(6-8-21(19)29-3)31(26,27)24-10-12-30-13-11-24/h4,6-8,14-15H,5,9-13H2,1-3H3,(H,23,25). The molecule has 1 heterocycles. The Morgan fingerprint density at radius 3 is 2.39 bits per heavy atom. The van der Waals surface area contributed by atoms with Gasteiger partial charge in [0.05, 0.1) is 38.0 Å². The fourth-order valence-corrected chi connectivity index (χ4v) is 4.88. The molecule has 2 aromatic rings. The third kappa shape index (κ3) is 5.55. The predicted molar refractivity (Wildman–Crippen MR) is 117 cm³/mol. The summed E-state index contributed by atoms with van der Waals surface area (Å²) in [7, 11) is -0.583. The Morgan fingerprint density at radius 1 is 1.06 bits per heavy atom. The highest BCUT2D eigenvalue weighted by atomic mass is 32.2. The molecule has 0 aromatic heterocycles. The van der Waals surface area contributed by atoms with Gasteiger partial charge in [0.25, 0.3) is 0 Å². The van der Waals surface area contributed by atoms with Gasteiger partial charge in [0, 0.05) is 19.5 Å². The molecule has 8 nitrogen and oxygen atoms in total. The molecule has 3 rings (SSSR count). The minimum Gasteiger partial charge on any atom is -0.496 e. The maximum atomic E-state index is 12.9. The second-order valence-electron chi connectivity index (χ2n) is 7.23. The number of carbonyl (C=O) groups excluding carboxylic acids is 1. The van der Waals surface area contributed by atoms with Crippen molar-refractivity contribution >= 4 is 21.6 Å². The van der Waals surface area contributed by atoms with Crippen molar-refractivity contribution in [3.05, 3.63) is 47.5 Å². The molecule has 0 unspecified atom stereocenters. The van der Waals surface area contributed by atoms with Crippen LogP contribution >= 0.6 is 0 Å². The van der Waals surface area contributed by atoms with Gasteiger partial charge in [0.15, 0.2) is 0 Å². The average molecular weight is 449 g/mol. The van der Waals surface area contributed by atoms with Gasteiger partial charge in [0.2, 0.25) is 15.9 Å².